The minimum absolute atomic E-state index is 0.232. The van der Waals surface area contributed by atoms with Gasteiger partial charge in [-0.2, -0.15) is 0 Å². The van der Waals surface area contributed by atoms with E-state index >= 15 is 0 Å². The molecule has 1 heterocycles. The zero-order valence-electron chi connectivity index (χ0n) is 10.6. The van der Waals surface area contributed by atoms with E-state index in [2.05, 4.69) is 75.2 Å². The Morgan fingerprint density at radius 2 is 1.84 bits per heavy atom. The Hall–Kier alpha value is -1.16. The number of hydrogen-bond donors (Lipinski definition) is 1. The number of halogens is 1. The van der Waals surface area contributed by atoms with Gasteiger partial charge >= 0.3 is 0 Å². The number of benzene rings is 2. The fraction of sp³-hybridized carbons (Fsp3) is 0.125. The van der Waals surface area contributed by atoms with Gasteiger partial charge in [0.15, 0.2) is 0 Å². The lowest BCUT2D eigenvalue weighted by atomic mass is 9.98. The van der Waals surface area contributed by atoms with Crippen LogP contribution in [-0.2, 0) is 0 Å². The van der Waals surface area contributed by atoms with Gasteiger partial charge in [-0.1, -0.05) is 46.3 Å². The zero-order chi connectivity index (χ0) is 13.2. The van der Waals surface area contributed by atoms with Crippen LogP contribution in [-0.4, -0.2) is 7.05 Å². The van der Waals surface area contributed by atoms with Gasteiger partial charge in [0, 0.05) is 9.17 Å². The summed E-state index contributed by atoms with van der Waals surface area (Å²) in [7, 11) is 2.01. The first-order chi connectivity index (χ1) is 9.29. The number of hydrogen-bond acceptors (Lipinski definition) is 2. The number of nitrogens with one attached hydrogen (secondary N) is 1. The summed E-state index contributed by atoms with van der Waals surface area (Å²) in [5.74, 6) is 0. The number of fused-ring (bicyclic) bond motifs is 1. The number of thiophene rings is 1. The molecule has 0 spiro atoms. The minimum atomic E-state index is 0.232. The Morgan fingerprint density at radius 3 is 2.58 bits per heavy atom. The summed E-state index contributed by atoms with van der Waals surface area (Å²) in [6.45, 7) is 0. The van der Waals surface area contributed by atoms with Crippen molar-refractivity contribution in [3.63, 3.8) is 0 Å². The Kier molecular flexibility index (Phi) is 3.69. The van der Waals surface area contributed by atoms with Gasteiger partial charge in [-0.3, -0.25) is 0 Å². The van der Waals surface area contributed by atoms with Crippen LogP contribution < -0.4 is 5.32 Å². The quantitative estimate of drug-likeness (QED) is 0.714. The van der Waals surface area contributed by atoms with E-state index < -0.39 is 0 Å². The molecule has 3 rings (SSSR count). The molecule has 1 nitrogen and oxygen atoms in total. The maximum absolute atomic E-state index is 3.49. The normalized spacial score (nSPS) is 12.7. The molecule has 0 radical (unpaired) electrons. The van der Waals surface area contributed by atoms with Crippen LogP contribution in [0, 0.1) is 0 Å². The second-order valence-corrected chi connectivity index (χ2v) is 6.29. The predicted molar refractivity (Wildman–Crippen MR) is 86.9 cm³/mol. The Morgan fingerprint density at radius 1 is 1.05 bits per heavy atom. The molecule has 0 saturated heterocycles. The van der Waals surface area contributed by atoms with Crippen LogP contribution >= 0.6 is 27.3 Å². The summed E-state index contributed by atoms with van der Waals surface area (Å²) in [6, 6.07) is 17.4. The second-order valence-electron chi connectivity index (χ2n) is 4.46. The van der Waals surface area contributed by atoms with E-state index in [1.807, 2.05) is 7.05 Å². The molecule has 0 amide bonds. The van der Waals surface area contributed by atoms with Crippen LogP contribution in [0.4, 0.5) is 0 Å². The molecule has 3 heteroatoms. The largest absolute Gasteiger partial charge is 0.309 e. The monoisotopic (exact) mass is 331 g/mol. The highest BCUT2D eigenvalue weighted by Gasteiger charge is 2.15. The minimum Gasteiger partial charge on any atom is -0.309 e. The summed E-state index contributed by atoms with van der Waals surface area (Å²) < 4.78 is 2.48. The maximum Gasteiger partial charge on any atom is 0.0588 e. The van der Waals surface area contributed by atoms with E-state index in [1.54, 1.807) is 11.3 Å². The zero-order valence-corrected chi connectivity index (χ0v) is 13.0. The molecular formula is C16H14BrNS. The third-order valence-electron chi connectivity index (χ3n) is 3.31. The highest BCUT2D eigenvalue weighted by molar-refractivity contribution is 9.10. The van der Waals surface area contributed by atoms with E-state index in [4.69, 9.17) is 0 Å². The third kappa shape index (κ3) is 2.46. The molecule has 0 aliphatic heterocycles. The van der Waals surface area contributed by atoms with Crippen LogP contribution in [0.2, 0.25) is 0 Å². The van der Waals surface area contributed by atoms with Crippen LogP contribution in [0.5, 0.6) is 0 Å². The number of rotatable bonds is 3. The molecule has 3 aromatic rings. The van der Waals surface area contributed by atoms with Crippen molar-refractivity contribution < 1.29 is 0 Å². The topological polar surface area (TPSA) is 12.0 Å². The summed E-state index contributed by atoms with van der Waals surface area (Å²) in [4.78, 5) is 0. The van der Waals surface area contributed by atoms with Gasteiger partial charge in [0.25, 0.3) is 0 Å². The molecule has 1 unspecified atom stereocenters. The summed E-state index contributed by atoms with van der Waals surface area (Å²) >= 11 is 5.29. The fourth-order valence-corrected chi connectivity index (χ4v) is 3.61. The first-order valence-electron chi connectivity index (χ1n) is 6.18. The van der Waals surface area contributed by atoms with Crippen molar-refractivity contribution in [2.75, 3.05) is 7.05 Å². The third-order valence-corrected chi connectivity index (χ3v) is 4.82. The fourth-order valence-electron chi connectivity index (χ4n) is 2.40. The first kappa shape index (κ1) is 12.9. The van der Waals surface area contributed by atoms with E-state index in [0.717, 1.165) is 4.47 Å². The highest BCUT2D eigenvalue weighted by atomic mass is 79.9. The van der Waals surface area contributed by atoms with Crippen molar-refractivity contribution >= 4 is 37.4 Å². The smallest absolute Gasteiger partial charge is 0.0588 e. The van der Waals surface area contributed by atoms with Crippen molar-refractivity contribution in [2.45, 2.75) is 6.04 Å². The molecule has 0 aliphatic rings. The lowest BCUT2D eigenvalue weighted by molar-refractivity contribution is 0.697. The van der Waals surface area contributed by atoms with Crippen LogP contribution in [0.15, 0.2) is 58.4 Å². The second kappa shape index (κ2) is 5.45. The molecule has 0 bridgehead atoms. The van der Waals surface area contributed by atoms with Crippen LogP contribution in [0.25, 0.3) is 10.1 Å². The van der Waals surface area contributed by atoms with Crippen molar-refractivity contribution in [1.82, 2.24) is 5.32 Å². The SMILES string of the molecule is CNC(c1ccc(Br)cc1)c1cccc2ccsc12. The molecular weight excluding hydrogens is 318 g/mol. The van der Waals surface area contributed by atoms with E-state index in [0.29, 0.717) is 0 Å². The Bertz CT molecular complexity index is 687. The Balaban J connectivity index is 2.11. The van der Waals surface area contributed by atoms with Gasteiger partial charge < -0.3 is 5.32 Å². The highest BCUT2D eigenvalue weighted by Crippen LogP contribution is 2.32. The van der Waals surface area contributed by atoms with Gasteiger partial charge in [0.05, 0.1) is 6.04 Å². The standard InChI is InChI=1S/C16H14BrNS/c1-18-15(11-5-7-13(17)8-6-11)14-4-2-3-12-9-10-19-16(12)14/h2-10,15,18H,1H3. The average molecular weight is 332 g/mol. The van der Waals surface area contributed by atoms with Gasteiger partial charge in [0.1, 0.15) is 0 Å². The van der Waals surface area contributed by atoms with Crippen LogP contribution in [0.1, 0.15) is 17.2 Å². The van der Waals surface area contributed by atoms with Crippen molar-refractivity contribution in [3.05, 3.63) is 69.5 Å². The molecule has 0 fully saturated rings. The summed E-state index contributed by atoms with van der Waals surface area (Å²) in [6.07, 6.45) is 0. The molecule has 96 valence electrons. The summed E-state index contributed by atoms with van der Waals surface area (Å²) in [5.41, 5.74) is 2.63. The summed E-state index contributed by atoms with van der Waals surface area (Å²) in [5, 5.41) is 6.90. The Labute approximate surface area is 125 Å². The molecule has 2 aromatic carbocycles. The lowest BCUT2D eigenvalue weighted by Crippen LogP contribution is -2.17. The molecule has 19 heavy (non-hydrogen) atoms. The first-order valence-corrected chi connectivity index (χ1v) is 7.85. The average Bonchev–Trinajstić information content (AvgIpc) is 2.91. The molecule has 0 saturated carbocycles. The van der Waals surface area contributed by atoms with E-state index in [-0.39, 0.29) is 6.04 Å². The maximum atomic E-state index is 3.49. The van der Waals surface area contributed by atoms with Gasteiger partial charge in [-0.05, 0) is 47.1 Å². The predicted octanol–water partition coefficient (Wildman–Crippen LogP) is 4.97. The van der Waals surface area contributed by atoms with Gasteiger partial charge in [0.2, 0.25) is 0 Å². The molecule has 1 atom stereocenters. The van der Waals surface area contributed by atoms with Crippen molar-refractivity contribution in [1.29, 1.82) is 0 Å². The molecule has 1 aromatic heterocycles. The molecule has 0 aliphatic carbocycles. The van der Waals surface area contributed by atoms with E-state index in [1.165, 1.54) is 21.2 Å². The van der Waals surface area contributed by atoms with Crippen LogP contribution in [0.3, 0.4) is 0 Å². The van der Waals surface area contributed by atoms with E-state index in [9.17, 15) is 0 Å². The van der Waals surface area contributed by atoms with Crippen molar-refractivity contribution in [2.24, 2.45) is 0 Å². The van der Waals surface area contributed by atoms with Gasteiger partial charge in [-0.25, -0.2) is 0 Å². The lowest BCUT2D eigenvalue weighted by Gasteiger charge is -2.18. The molecule has 1 N–H and O–H groups in total. The van der Waals surface area contributed by atoms with Gasteiger partial charge in [-0.15, -0.1) is 11.3 Å². The van der Waals surface area contributed by atoms with Crippen molar-refractivity contribution in [3.8, 4) is 0 Å².